The number of nitrogens with one attached hydrogen (secondary N) is 1. The number of fused-ring (bicyclic) bond motifs is 5. The smallest absolute Gasteiger partial charge is 0.408 e. The Bertz CT molecular complexity index is 1220. The number of carbonyl (C=O) groups excluding carboxylic acids is 3. The molecule has 0 aromatic heterocycles. The van der Waals surface area contributed by atoms with Crippen LogP contribution in [0.15, 0.2) is 23.8 Å². The predicted octanol–water partition coefficient (Wildman–Crippen LogP) is 4.60. The second-order valence-corrected chi connectivity index (χ2v) is 15.5. The maximum Gasteiger partial charge on any atom is 0.408 e. The van der Waals surface area contributed by atoms with Gasteiger partial charge in [-0.15, -0.1) is 0 Å². The zero-order valence-corrected chi connectivity index (χ0v) is 24.5. The van der Waals surface area contributed by atoms with Crippen molar-refractivity contribution in [3.63, 3.8) is 0 Å². The molecule has 0 aromatic rings. The molecule has 1 amide bonds. The number of carbonyl (C=O) groups is 3. The number of allylic oxidation sites excluding steroid dienone is 4. The van der Waals surface area contributed by atoms with Gasteiger partial charge in [0.1, 0.15) is 0 Å². The van der Waals surface area contributed by atoms with E-state index in [4.69, 9.17) is 4.74 Å². The summed E-state index contributed by atoms with van der Waals surface area (Å²) in [6, 6.07) is 0. The summed E-state index contributed by atoms with van der Waals surface area (Å²) in [6.45, 7) is 4.67. The number of ether oxygens (including phenoxy) is 1. The molecular formula is C33H44FNO6. The van der Waals surface area contributed by atoms with Crippen LogP contribution in [0.4, 0.5) is 9.18 Å². The van der Waals surface area contributed by atoms with Crippen molar-refractivity contribution in [3.05, 3.63) is 23.8 Å². The molecule has 7 fully saturated rings. The van der Waals surface area contributed by atoms with Gasteiger partial charge in [-0.25, -0.2) is 9.18 Å². The van der Waals surface area contributed by atoms with Crippen molar-refractivity contribution in [3.8, 4) is 0 Å². The summed E-state index contributed by atoms with van der Waals surface area (Å²) in [4.78, 5) is 40.1. The van der Waals surface area contributed by atoms with Crippen molar-refractivity contribution in [1.29, 1.82) is 0 Å². The van der Waals surface area contributed by atoms with Crippen molar-refractivity contribution < 1.29 is 33.7 Å². The molecule has 0 aromatic carbocycles. The molecule has 3 N–H and O–H groups in total. The predicted molar refractivity (Wildman–Crippen MR) is 148 cm³/mol. The molecule has 0 heterocycles. The molecule has 8 aliphatic carbocycles. The van der Waals surface area contributed by atoms with Crippen LogP contribution >= 0.6 is 0 Å². The molecule has 0 spiro atoms. The van der Waals surface area contributed by atoms with Gasteiger partial charge in [-0.2, -0.15) is 0 Å². The second-order valence-electron chi connectivity index (χ2n) is 15.5. The zero-order valence-electron chi connectivity index (χ0n) is 24.5. The Morgan fingerprint density at radius 3 is 2.29 bits per heavy atom. The fraction of sp³-hybridized carbons (Fsp3) is 0.788. The summed E-state index contributed by atoms with van der Waals surface area (Å²) in [7, 11) is 0. The lowest BCUT2D eigenvalue weighted by molar-refractivity contribution is -0.226. The average molecular weight is 570 g/mol. The van der Waals surface area contributed by atoms with Crippen LogP contribution in [-0.4, -0.2) is 57.4 Å². The van der Waals surface area contributed by atoms with Crippen molar-refractivity contribution in [2.45, 2.75) is 108 Å². The van der Waals surface area contributed by atoms with E-state index in [1.54, 1.807) is 19.9 Å². The van der Waals surface area contributed by atoms with E-state index in [1.165, 1.54) is 31.4 Å². The number of halogens is 1. The maximum atomic E-state index is 17.4. The van der Waals surface area contributed by atoms with Crippen LogP contribution in [0.25, 0.3) is 0 Å². The van der Waals surface area contributed by atoms with Crippen LogP contribution < -0.4 is 5.32 Å². The van der Waals surface area contributed by atoms with Gasteiger partial charge in [-0.1, -0.05) is 25.5 Å². The number of aliphatic hydroxyl groups is 2. The van der Waals surface area contributed by atoms with Gasteiger partial charge in [-0.05, 0) is 107 Å². The number of hydrogen-bond acceptors (Lipinski definition) is 6. The van der Waals surface area contributed by atoms with Crippen molar-refractivity contribution in [2.75, 3.05) is 6.61 Å². The molecule has 8 atom stereocenters. The first-order valence-corrected chi connectivity index (χ1v) is 15.8. The highest BCUT2D eigenvalue weighted by atomic mass is 19.1. The fourth-order valence-corrected chi connectivity index (χ4v) is 11.6. The van der Waals surface area contributed by atoms with E-state index < -0.39 is 64.4 Å². The van der Waals surface area contributed by atoms with Crippen LogP contribution in [0.5, 0.6) is 0 Å². The molecule has 8 aliphatic rings. The van der Waals surface area contributed by atoms with Crippen LogP contribution in [0.1, 0.15) is 85.0 Å². The summed E-state index contributed by atoms with van der Waals surface area (Å²) in [5.74, 6) is -0.287. The quantitative estimate of drug-likeness (QED) is 0.458. The molecule has 8 rings (SSSR count). The van der Waals surface area contributed by atoms with Crippen molar-refractivity contribution in [2.24, 2.45) is 46.3 Å². The van der Waals surface area contributed by atoms with Gasteiger partial charge in [0.25, 0.3) is 0 Å². The first kappa shape index (κ1) is 27.8. The van der Waals surface area contributed by atoms with E-state index in [0.717, 1.165) is 19.3 Å². The number of amides is 1. The molecule has 224 valence electrons. The van der Waals surface area contributed by atoms with E-state index in [1.807, 2.05) is 6.92 Å². The summed E-state index contributed by atoms with van der Waals surface area (Å²) < 4.78 is 23.5. The largest absolute Gasteiger partial charge is 0.432 e. The number of Topliss-reactive ketones (excluding diaryl/α,β-unsaturated/α-hetero) is 1. The van der Waals surface area contributed by atoms with E-state index >= 15 is 4.39 Å². The van der Waals surface area contributed by atoms with Crippen LogP contribution in [0, 0.1) is 46.3 Å². The lowest BCUT2D eigenvalue weighted by atomic mass is 9.41. The molecule has 7 nitrogen and oxygen atoms in total. The van der Waals surface area contributed by atoms with E-state index in [-0.39, 0.29) is 17.7 Å². The number of alkyl halides is 1. The third kappa shape index (κ3) is 3.58. The number of alkyl carbamates (subject to hydrolysis) is 1. The Kier molecular flexibility index (Phi) is 5.92. The highest BCUT2D eigenvalue weighted by Gasteiger charge is 2.73. The highest BCUT2D eigenvalue weighted by molar-refractivity contribution is 6.01. The molecule has 0 saturated heterocycles. The molecule has 8 heteroatoms. The van der Waals surface area contributed by atoms with E-state index in [2.05, 4.69) is 5.32 Å². The molecular weight excluding hydrogens is 525 g/mol. The molecule has 41 heavy (non-hydrogen) atoms. The lowest BCUT2D eigenvalue weighted by Crippen LogP contribution is -2.73. The van der Waals surface area contributed by atoms with Gasteiger partial charge in [0.2, 0.25) is 0 Å². The molecule has 2 unspecified atom stereocenters. The van der Waals surface area contributed by atoms with Gasteiger partial charge < -0.3 is 20.3 Å². The zero-order chi connectivity index (χ0) is 29.2. The van der Waals surface area contributed by atoms with E-state index in [0.29, 0.717) is 42.6 Å². The SMILES string of the molecule is C[C@H]1CC2C3CCC4=CC(=O)C=C[C@]4(C)[C@@]3(F)[C@@H](O)C[C@]2(C)C(=O)[C@]1(CO)OC(=O)NC12CC3CC(CC(C3)C1)C2. The number of rotatable bonds is 3. The van der Waals surface area contributed by atoms with Crippen molar-refractivity contribution >= 4 is 17.7 Å². The fourth-order valence-electron chi connectivity index (χ4n) is 11.6. The number of ketones is 2. The van der Waals surface area contributed by atoms with Gasteiger partial charge in [0, 0.05) is 28.2 Å². The Hall–Kier alpha value is -2.06. The monoisotopic (exact) mass is 569 g/mol. The minimum atomic E-state index is -2.05. The molecule has 0 radical (unpaired) electrons. The third-order valence-electron chi connectivity index (χ3n) is 13.3. The summed E-state index contributed by atoms with van der Waals surface area (Å²) in [5, 5.41) is 25.4. The van der Waals surface area contributed by atoms with Gasteiger partial charge in [0.15, 0.2) is 22.8 Å². The van der Waals surface area contributed by atoms with Crippen LogP contribution in [-0.2, 0) is 14.3 Å². The lowest BCUT2D eigenvalue weighted by Gasteiger charge is -2.65. The topological polar surface area (TPSA) is 113 Å². The number of hydrogen-bond donors (Lipinski definition) is 3. The van der Waals surface area contributed by atoms with E-state index in [9.17, 15) is 24.6 Å². The minimum absolute atomic E-state index is 0.136. The summed E-state index contributed by atoms with van der Waals surface area (Å²) in [6.07, 6.45) is 10.0. The van der Waals surface area contributed by atoms with Crippen molar-refractivity contribution in [1.82, 2.24) is 5.32 Å². The maximum absolute atomic E-state index is 17.4. The first-order valence-electron chi connectivity index (χ1n) is 15.8. The highest BCUT2D eigenvalue weighted by Crippen LogP contribution is 2.67. The summed E-state index contributed by atoms with van der Waals surface area (Å²) >= 11 is 0. The molecule has 4 bridgehead atoms. The van der Waals surface area contributed by atoms with Gasteiger partial charge in [-0.3, -0.25) is 9.59 Å². The third-order valence-corrected chi connectivity index (χ3v) is 13.3. The van der Waals surface area contributed by atoms with Gasteiger partial charge in [0.05, 0.1) is 12.7 Å². The molecule has 7 saturated carbocycles. The average Bonchev–Trinajstić information content (AvgIpc) is 2.89. The molecule has 0 aliphatic heterocycles. The number of aliphatic hydroxyl groups excluding tert-OH is 2. The Morgan fingerprint density at radius 1 is 1.05 bits per heavy atom. The summed E-state index contributed by atoms with van der Waals surface area (Å²) in [5.41, 5.74) is -5.74. The first-order chi connectivity index (χ1) is 19.3. The van der Waals surface area contributed by atoms with Crippen LogP contribution in [0.2, 0.25) is 0 Å². The minimum Gasteiger partial charge on any atom is -0.432 e. The Morgan fingerprint density at radius 2 is 1.68 bits per heavy atom. The van der Waals surface area contributed by atoms with Gasteiger partial charge >= 0.3 is 6.09 Å². The Labute approximate surface area is 241 Å². The standard InChI is InChI=1S/C33H44FNO6/c1-18-8-25-24-5-4-22-12-23(37)6-7-30(22,3)33(24,34)26(38)16-29(25,2)27(39)32(18,17-36)41-28(40)35-31-13-19-9-20(14-31)11-21(10-19)15-31/h6-7,12,18-21,24-26,36,38H,4-5,8-11,13-17H2,1-3H3,(H,35,40)/t18-,19?,20?,21?,24?,25?,26-,29-,30-,31?,32+,33-/m0/s1. The Balaban J connectivity index is 1.17. The van der Waals surface area contributed by atoms with Crippen LogP contribution in [0.3, 0.4) is 0 Å². The second kappa shape index (κ2) is 8.75. The normalized spacial score (nSPS) is 53.2.